The second-order valence-electron chi connectivity index (χ2n) is 5.95. The fourth-order valence-electron chi connectivity index (χ4n) is 3.60. The van der Waals surface area contributed by atoms with E-state index < -0.39 is 0 Å². The number of nitrogens with two attached hydrogens (primary N) is 1. The van der Waals surface area contributed by atoms with Crippen molar-refractivity contribution < 1.29 is 9.73 Å². The van der Waals surface area contributed by atoms with E-state index in [4.69, 9.17) is 10.5 Å². The number of nitrogens with one attached hydrogen (secondary N) is 1. The van der Waals surface area contributed by atoms with E-state index in [1.165, 1.54) is 78.7 Å². The summed E-state index contributed by atoms with van der Waals surface area (Å²) < 4.78 is 6.36. The molecule has 110 valence electrons. The van der Waals surface area contributed by atoms with Crippen LogP contribution in [0.2, 0.25) is 0 Å². The van der Waals surface area contributed by atoms with Crippen LogP contribution in [0.4, 0.5) is 5.00 Å². The molecule has 1 heterocycles. The number of hydrogen-bond donors (Lipinski definition) is 2. The summed E-state index contributed by atoms with van der Waals surface area (Å²) in [7, 11) is 0. The van der Waals surface area contributed by atoms with Crippen molar-refractivity contribution in [2.24, 2.45) is 5.73 Å². The van der Waals surface area contributed by atoms with Gasteiger partial charge in [0.2, 0.25) is 6.34 Å². The Morgan fingerprint density at radius 1 is 1.25 bits per heavy atom. The molecule has 0 aromatic carbocycles. The third kappa shape index (κ3) is 2.77. The summed E-state index contributed by atoms with van der Waals surface area (Å²) in [6, 6.07) is 0. The highest BCUT2D eigenvalue weighted by atomic mass is 32.1. The summed E-state index contributed by atoms with van der Waals surface area (Å²) in [4.78, 5) is 4.75. The number of rotatable bonds is 4. The predicted molar refractivity (Wildman–Crippen MR) is 83.6 cm³/mol. The summed E-state index contributed by atoms with van der Waals surface area (Å²) in [5.74, 6) is 0. The van der Waals surface area contributed by atoms with Gasteiger partial charge in [-0.05, 0) is 44.6 Å². The van der Waals surface area contributed by atoms with Gasteiger partial charge in [-0.1, -0.05) is 30.6 Å². The molecule has 0 radical (unpaired) electrons. The molecule has 1 saturated carbocycles. The molecule has 3 rings (SSSR count). The molecule has 3 N–H and O–H groups in total. The van der Waals surface area contributed by atoms with E-state index in [-0.39, 0.29) is 6.10 Å². The third-order valence-electron chi connectivity index (χ3n) is 4.53. The zero-order valence-corrected chi connectivity index (χ0v) is 13.1. The van der Waals surface area contributed by atoms with Crippen LogP contribution in [-0.4, -0.2) is 12.4 Å². The largest absolute Gasteiger partial charge is 0.370 e. The van der Waals surface area contributed by atoms with Crippen LogP contribution < -0.4 is 10.7 Å². The fraction of sp³-hybridized carbons (Fsp3) is 0.688. The molecule has 0 amide bonds. The first-order valence-electron chi connectivity index (χ1n) is 7.89. The zero-order valence-electron chi connectivity index (χ0n) is 12.3. The van der Waals surface area contributed by atoms with Crippen LogP contribution in [0.5, 0.6) is 0 Å². The summed E-state index contributed by atoms with van der Waals surface area (Å²) in [6.07, 6.45) is 12.3. The predicted octanol–water partition coefficient (Wildman–Crippen LogP) is 2.35. The number of ether oxygens (including phenoxy) is 1. The molecule has 0 bridgehead atoms. The summed E-state index contributed by atoms with van der Waals surface area (Å²) in [6.45, 7) is 2.21. The average molecular weight is 293 g/mol. The Morgan fingerprint density at radius 2 is 2.05 bits per heavy atom. The zero-order chi connectivity index (χ0) is 13.9. The normalized spacial score (nSPS) is 21.4. The van der Waals surface area contributed by atoms with Gasteiger partial charge in [0.05, 0.1) is 12.2 Å². The van der Waals surface area contributed by atoms with Crippen LogP contribution in [0.3, 0.4) is 0 Å². The molecule has 1 unspecified atom stereocenters. The molecule has 20 heavy (non-hydrogen) atoms. The topological polar surface area (TPSA) is 49.2 Å². The van der Waals surface area contributed by atoms with Gasteiger partial charge >= 0.3 is 0 Å². The molecule has 0 aliphatic heterocycles. The van der Waals surface area contributed by atoms with Gasteiger partial charge in [-0.25, -0.2) is 4.99 Å². The van der Waals surface area contributed by atoms with Gasteiger partial charge in [0, 0.05) is 10.4 Å². The Labute approximate surface area is 125 Å². The van der Waals surface area contributed by atoms with Crippen molar-refractivity contribution in [1.82, 2.24) is 0 Å². The van der Waals surface area contributed by atoms with Crippen LogP contribution in [0, 0.1) is 0 Å². The Bertz CT molecular complexity index is 489. The lowest BCUT2D eigenvalue weighted by Crippen LogP contribution is -2.63. The van der Waals surface area contributed by atoms with Crippen molar-refractivity contribution in [2.75, 3.05) is 0 Å². The minimum absolute atomic E-state index is 0.179. The molecule has 2 aliphatic carbocycles. The third-order valence-corrected chi connectivity index (χ3v) is 5.77. The summed E-state index contributed by atoms with van der Waals surface area (Å²) in [5.41, 5.74) is 8.46. The Balaban J connectivity index is 1.80. The van der Waals surface area contributed by atoms with E-state index in [1.54, 1.807) is 0 Å². The van der Waals surface area contributed by atoms with Crippen LogP contribution in [0.25, 0.3) is 0 Å². The number of aryl methyl sites for hydroxylation is 1. The van der Waals surface area contributed by atoms with Crippen LogP contribution >= 0.6 is 11.3 Å². The van der Waals surface area contributed by atoms with E-state index >= 15 is 0 Å². The second-order valence-corrected chi connectivity index (χ2v) is 7.05. The maximum absolute atomic E-state index is 6.36. The van der Waals surface area contributed by atoms with E-state index in [2.05, 4.69) is 11.9 Å². The standard InChI is InChI=1S/C16H24N2OS/c1-11(19-12-6-3-2-4-7-12)15-13-8-5-9-14(13)20-16(15)18-10-17/h10-12H,2-9H2,1H3,(H2,17,18)/p+1. The highest BCUT2D eigenvalue weighted by molar-refractivity contribution is 7.15. The van der Waals surface area contributed by atoms with Crippen molar-refractivity contribution in [2.45, 2.75) is 70.5 Å². The van der Waals surface area contributed by atoms with Crippen molar-refractivity contribution in [1.29, 1.82) is 0 Å². The van der Waals surface area contributed by atoms with E-state index in [9.17, 15) is 0 Å². The molecular weight excluding hydrogens is 268 g/mol. The van der Waals surface area contributed by atoms with Crippen LogP contribution in [0.1, 0.15) is 67.6 Å². The van der Waals surface area contributed by atoms with Gasteiger partial charge < -0.3 is 4.74 Å². The van der Waals surface area contributed by atoms with E-state index in [0.29, 0.717) is 6.10 Å². The smallest absolute Gasteiger partial charge is 0.233 e. The van der Waals surface area contributed by atoms with E-state index in [0.717, 1.165) is 0 Å². The van der Waals surface area contributed by atoms with Crippen molar-refractivity contribution in [3.05, 3.63) is 16.0 Å². The van der Waals surface area contributed by atoms with Gasteiger partial charge in [-0.3, -0.25) is 5.73 Å². The van der Waals surface area contributed by atoms with E-state index in [1.807, 2.05) is 11.3 Å². The summed E-state index contributed by atoms with van der Waals surface area (Å²) >= 11 is 1.86. The maximum atomic E-state index is 6.36. The van der Waals surface area contributed by atoms with Gasteiger partial charge in [0.15, 0.2) is 5.00 Å². The first-order chi connectivity index (χ1) is 9.79. The van der Waals surface area contributed by atoms with Gasteiger partial charge in [0.25, 0.3) is 0 Å². The van der Waals surface area contributed by atoms with Crippen molar-refractivity contribution >= 4 is 22.7 Å². The Morgan fingerprint density at radius 3 is 2.80 bits per heavy atom. The van der Waals surface area contributed by atoms with Crippen molar-refractivity contribution in [3.63, 3.8) is 0 Å². The molecule has 2 aliphatic rings. The minimum atomic E-state index is 0.179. The second kappa shape index (κ2) is 6.27. The lowest BCUT2D eigenvalue weighted by molar-refractivity contribution is -0.345. The molecule has 1 aromatic rings. The molecule has 1 fully saturated rings. The lowest BCUT2D eigenvalue weighted by Gasteiger charge is -2.26. The maximum Gasteiger partial charge on any atom is 0.233 e. The Hall–Kier alpha value is -0.870. The fourth-order valence-corrected chi connectivity index (χ4v) is 4.95. The van der Waals surface area contributed by atoms with Gasteiger partial charge in [-0.2, -0.15) is 0 Å². The van der Waals surface area contributed by atoms with Gasteiger partial charge in [0.1, 0.15) is 0 Å². The number of fused-ring (bicyclic) bond motifs is 1. The molecule has 1 atom stereocenters. The number of hydrogen-bond acceptors (Lipinski definition) is 2. The van der Waals surface area contributed by atoms with Crippen LogP contribution in [-0.2, 0) is 17.6 Å². The highest BCUT2D eigenvalue weighted by Crippen LogP contribution is 2.41. The molecule has 3 nitrogen and oxygen atoms in total. The lowest BCUT2D eigenvalue weighted by atomic mass is 9.97. The van der Waals surface area contributed by atoms with Crippen molar-refractivity contribution in [3.8, 4) is 0 Å². The molecular formula is C16H25N2OS+. The minimum Gasteiger partial charge on any atom is -0.370 e. The molecule has 1 aromatic heterocycles. The summed E-state index contributed by atoms with van der Waals surface area (Å²) in [5, 5.41) is 1.19. The average Bonchev–Trinajstić information content (AvgIpc) is 3.00. The quantitative estimate of drug-likeness (QED) is 0.661. The van der Waals surface area contributed by atoms with Crippen LogP contribution in [0.15, 0.2) is 0 Å². The van der Waals surface area contributed by atoms with Gasteiger partial charge in [-0.15, -0.1) is 0 Å². The number of thiophene rings is 1. The highest BCUT2D eigenvalue weighted by Gasteiger charge is 2.28. The molecule has 4 heteroatoms. The first-order valence-corrected chi connectivity index (χ1v) is 8.71. The molecule has 0 spiro atoms. The first kappa shape index (κ1) is 14.1. The SMILES string of the molecule is CC(OC1CCCCC1)c1c([NH+]=CN)sc2c1CCC2. The monoisotopic (exact) mass is 293 g/mol. The molecule has 0 saturated heterocycles. The Kier molecular flexibility index (Phi) is 4.41.